The van der Waals surface area contributed by atoms with E-state index in [-0.39, 0.29) is 16.9 Å². The first-order chi connectivity index (χ1) is 9.68. The van der Waals surface area contributed by atoms with Crippen LogP contribution in [-0.2, 0) is 0 Å². The fraction of sp³-hybridized carbons (Fsp3) is 0.429. The standard InChI is InChI=1S/C14H15Cl2N3O/c15-11-6-3-5-10-12(11)18-14(16)19(13(10)20)9-4-1-2-7-17-8-9/h3,5-6,9,17H,1-2,4,7-8H2. The number of nitrogens with one attached hydrogen (secondary N) is 1. The van der Waals surface area contributed by atoms with E-state index in [1.165, 1.54) is 0 Å². The maximum Gasteiger partial charge on any atom is 0.262 e. The molecule has 2 heterocycles. The van der Waals surface area contributed by atoms with Crippen LogP contribution in [0.3, 0.4) is 0 Å². The van der Waals surface area contributed by atoms with Gasteiger partial charge in [-0.05, 0) is 43.1 Å². The Labute approximate surface area is 126 Å². The summed E-state index contributed by atoms with van der Waals surface area (Å²) in [6.45, 7) is 1.73. The minimum atomic E-state index is -0.115. The zero-order valence-corrected chi connectivity index (χ0v) is 12.4. The van der Waals surface area contributed by atoms with Gasteiger partial charge >= 0.3 is 0 Å². The number of hydrogen-bond acceptors (Lipinski definition) is 3. The summed E-state index contributed by atoms with van der Waals surface area (Å²) in [6, 6.07) is 5.27. The van der Waals surface area contributed by atoms with E-state index >= 15 is 0 Å². The molecule has 1 atom stereocenters. The summed E-state index contributed by atoms with van der Waals surface area (Å²) >= 11 is 12.3. The number of para-hydroxylation sites is 1. The molecule has 1 unspecified atom stereocenters. The van der Waals surface area contributed by atoms with Crippen molar-refractivity contribution in [2.24, 2.45) is 0 Å². The fourth-order valence-electron chi connectivity index (χ4n) is 2.70. The Bertz CT molecular complexity index is 691. The highest BCUT2D eigenvalue weighted by molar-refractivity contribution is 6.35. The second-order valence-electron chi connectivity index (χ2n) is 5.05. The molecule has 1 saturated heterocycles. The quantitative estimate of drug-likeness (QED) is 0.823. The Hall–Kier alpha value is -1.10. The van der Waals surface area contributed by atoms with Crippen molar-refractivity contribution in [2.45, 2.75) is 25.3 Å². The van der Waals surface area contributed by atoms with Crippen molar-refractivity contribution in [3.8, 4) is 0 Å². The Balaban J connectivity index is 2.18. The number of rotatable bonds is 1. The van der Waals surface area contributed by atoms with Gasteiger partial charge in [0.05, 0.1) is 22.0 Å². The van der Waals surface area contributed by atoms with Gasteiger partial charge in [0.25, 0.3) is 5.56 Å². The van der Waals surface area contributed by atoms with Gasteiger partial charge in [0.15, 0.2) is 0 Å². The molecule has 1 aliphatic heterocycles. The number of fused-ring (bicyclic) bond motifs is 1. The van der Waals surface area contributed by atoms with Gasteiger partial charge in [0.2, 0.25) is 5.28 Å². The van der Waals surface area contributed by atoms with Gasteiger partial charge in [-0.15, -0.1) is 0 Å². The lowest BCUT2D eigenvalue weighted by Crippen LogP contribution is -2.32. The predicted octanol–water partition coefficient (Wildman–Crippen LogP) is 3.02. The third kappa shape index (κ3) is 2.43. The molecule has 0 amide bonds. The van der Waals surface area contributed by atoms with E-state index in [9.17, 15) is 4.79 Å². The fourth-order valence-corrected chi connectivity index (χ4v) is 3.21. The number of nitrogens with zero attached hydrogens (tertiary/aromatic N) is 2. The molecule has 1 N–H and O–H groups in total. The van der Waals surface area contributed by atoms with E-state index in [0.29, 0.717) is 15.9 Å². The Kier molecular flexibility index (Phi) is 3.96. The smallest absolute Gasteiger partial charge is 0.262 e. The van der Waals surface area contributed by atoms with Crippen LogP contribution in [0.2, 0.25) is 10.3 Å². The second-order valence-corrected chi connectivity index (χ2v) is 5.79. The van der Waals surface area contributed by atoms with Crippen LogP contribution in [0.5, 0.6) is 0 Å². The van der Waals surface area contributed by atoms with Crippen LogP contribution in [0, 0.1) is 0 Å². The minimum absolute atomic E-state index is 0.0494. The van der Waals surface area contributed by atoms with E-state index < -0.39 is 0 Å². The monoisotopic (exact) mass is 311 g/mol. The molecule has 2 aromatic rings. The molecule has 0 saturated carbocycles. The molecular weight excluding hydrogens is 297 g/mol. The zero-order valence-electron chi connectivity index (χ0n) is 10.9. The van der Waals surface area contributed by atoms with Crippen molar-refractivity contribution >= 4 is 34.1 Å². The van der Waals surface area contributed by atoms with Crippen LogP contribution in [0.15, 0.2) is 23.0 Å². The van der Waals surface area contributed by atoms with Crippen LogP contribution >= 0.6 is 23.2 Å². The normalized spacial score (nSPS) is 20.0. The lowest BCUT2D eigenvalue weighted by molar-refractivity contribution is 0.447. The molecule has 0 aliphatic carbocycles. The van der Waals surface area contributed by atoms with Crippen LogP contribution in [-0.4, -0.2) is 22.6 Å². The largest absolute Gasteiger partial charge is 0.315 e. The average molecular weight is 312 g/mol. The van der Waals surface area contributed by atoms with Gasteiger partial charge in [0, 0.05) is 6.54 Å². The third-order valence-corrected chi connectivity index (χ3v) is 4.30. The molecule has 1 aromatic carbocycles. The Morgan fingerprint density at radius 1 is 1.30 bits per heavy atom. The highest BCUT2D eigenvalue weighted by Crippen LogP contribution is 2.24. The molecule has 106 valence electrons. The molecule has 3 rings (SSSR count). The van der Waals surface area contributed by atoms with Gasteiger partial charge in [-0.3, -0.25) is 9.36 Å². The molecule has 6 heteroatoms. The SMILES string of the molecule is O=c1c2cccc(Cl)c2nc(Cl)n1C1CCCCNC1. The maximum atomic E-state index is 12.7. The molecular formula is C14H15Cl2N3O. The first-order valence-corrected chi connectivity index (χ1v) is 7.51. The highest BCUT2D eigenvalue weighted by atomic mass is 35.5. The van der Waals surface area contributed by atoms with Crippen molar-refractivity contribution in [3.05, 3.63) is 38.9 Å². The van der Waals surface area contributed by atoms with Gasteiger partial charge < -0.3 is 5.32 Å². The van der Waals surface area contributed by atoms with E-state index in [1.54, 1.807) is 22.8 Å². The number of aromatic nitrogens is 2. The summed E-state index contributed by atoms with van der Waals surface area (Å²) in [4.78, 5) is 17.0. The molecule has 0 spiro atoms. The number of benzene rings is 1. The van der Waals surface area contributed by atoms with Crippen LogP contribution in [0.1, 0.15) is 25.3 Å². The third-order valence-electron chi connectivity index (χ3n) is 3.72. The molecule has 0 radical (unpaired) electrons. The van der Waals surface area contributed by atoms with Crippen LogP contribution in [0.25, 0.3) is 10.9 Å². The molecule has 1 aromatic heterocycles. The molecule has 4 nitrogen and oxygen atoms in total. The van der Waals surface area contributed by atoms with Gasteiger partial charge in [0.1, 0.15) is 0 Å². The lowest BCUT2D eigenvalue weighted by Gasteiger charge is -2.19. The van der Waals surface area contributed by atoms with Crippen molar-refractivity contribution < 1.29 is 0 Å². The molecule has 20 heavy (non-hydrogen) atoms. The maximum absolute atomic E-state index is 12.7. The van der Waals surface area contributed by atoms with E-state index in [2.05, 4.69) is 10.3 Å². The summed E-state index contributed by atoms with van der Waals surface area (Å²) in [5.41, 5.74) is 0.359. The molecule has 1 aliphatic rings. The zero-order chi connectivity index (χ0) is 14.1. The van der Waals surface area contributed by atoms with Crippen molar-refractivity contribution in [2.75, 3.05) is 13.1 Å². The lowest BCUT2D eigenvalue weighted by atomic mass is 10.1. The second kappa shape index (κ2) is 5.72. The summed E-state index contributed by atoms with van der Waals surface area (Å²) in [6.07, 6.45) is 3.13. The summed E-state index contributed by atoms with van der Waals surface area (Å²) in [5, 5.41) is 4.52. The van der Waals surface area contributed by atoms with Gasteiger partial charge in [-0.25, -0.2) is 4.98 Å². The van der Waals surface area contributed by atoms with Gasteiger partial charge in [-0.2, -0.15) is 0 Å². The van der Waals surface area contributed by atoms with Crippen LogP contribution < -0.4 is 10.9 Å². The highest BCUT2D eigenvalue weighted by Gasteiger charge is 2.20. The first kappa shape index (κ1) is 13.9. The number of halogens is 2. The Morgan fingerprint density at radius 2 is 2.15 bits per heavy atom. The van der Waals surface area contributed by atoms with Gasteiger partial charge in [-0.1, -0.05) is 24.1 Å². The predicted molar refractivity (Wildman–Crippen MR) is 81.8 cm³/mol. The first-order valence-electron chi connectivity index (χ1n) is 6.75. The topological polar surface area (TPSA) is 46.9 Å². The van der Waals surface area contributed by atoms with Crippen molar-refractivity contribution in [1.82, 2.24) is 14.9 Å². The van der Waals surface area contributed by atoms with Crippen LogP contribution in [0.4, 0.5) is 0 Å². The minimum Gasteiger partial charge on any atom is -0.315 e. The van der Waals surface area contributed by atoms with Crippen molar-refractivity contribution in [3.63, 3.8) is 0 Å². The molecule has 1 fully saturated rings. The van der Waals surface area contributed by atoms with E-state index in [0.717, 1.165) is 32.4 Å². The summed E-state index contributed by atoms with van der Waals surface area (Å²) in [5.74, 6) is 0. The summed E-state index contributed by atoms with van der Waals surface area (Å²) < 4.78 is 1.60. The van der Waals surface area contributed by atoms with Crippen molar-refractivity contribution in [1.29, 1.82) is 0 Å². The van der Waals surface area contributed by atoms with E-state index in [4.69, 9.17) is 23.2 Å². The van der Waals surface area contributed by atoms with E-state index in [1.807, 2.05) is 0 Å². The Morgan fingerprint density at radius 3 is 3.00 bits per heavy atom. The number of hydrogen-bond donors (Lipinski definition) is 1. The molecule has 0 bridgehead atoms. The summed E-state index contributed by atoms with van der Waals surface area (Å²) in [7, 11) is 0. The average Bonchev–Trinajstić information content (AvgIpc) is 2.69.